The number of quaternary nitrogens is 1. The van der Waals surface area contributed by atoms with E-state index in [1.165, 1.54) is 10.5 Å². The first-order chi connectivity index (χ1) is 10.7. The molecule has 0 saturated carbocycles. The molecule has 0 spiro atoms. The molecule has 2 N–H and O–H groups in total. The fraction of sp³-hybridized carbons (Fsp3) is 0.611. The van der Waals surface area contributed by atoms with Gasteiger partial charge in [0.2, 0.25) is 0 Å². The van der Waals surface area contributed by atoms with Crippen molar-refractivity contribution in [2.75, 3.05) is 39.4 Å². The van der Waals surface area contributed by atoms with Crippen molar-refractivity contribution in [1.29, 1.82) is 0 Å². The Hall–Kier alpha value is -1.39. The van der Waals surface area contributed by atoms with Gasteiger partial charge in [-0.1, -0.05) is 30.3 Å². The number of rotatable bonds is 7. The maximum Gasteiger partial charge on any atom is 0.275 e. The number of hydrogen-bond acceptors (Lipinski definition) is 2. The normalized spacial score (nSPS) is 17.4. The first-order valence-electron chi connectivity index (χ1n) is 8.43. The van der Waals surface area contributed by atoms with Gasteiger partial charge in [-0.15, -0.1) is 0 Å². The van der Waals surface area contributed by atoms with Gasteiger partial charge in [-0.3, -0.25) is 4.79 Å². The van der Waals surface area contributed by atoms with Gasteiger partial charge in [0.15, 0.2) is 6.54 Å². The molecule has 0 atom stereocenters. The Labute approximate surface area is 133 Å². The fourth-order valence-electron chi connectivity index (χ4n) is 3.18. The van der Waals surface area contributed by atoms with Gasteiger partial charge >= 0.3 is 0 Å². The van der Waals surface area contributed by atoms with Crippen molar-refractivity contribution in [1.82, 2.24) is 5.32 Å². The van der Waals surface area contributed by atoms with Gasteiger partial charge < -0.3 is 15.0 Å². The molecule has 0 aromatic heterocycles. The lowest BCUT2D eigenvalue weighted by molar-refractivity contribution is -0.888. The number of likely N-dealkylation sites (N-methyl/N-ethyl adjacent to an activating group) is 1. The molecule has 0 bridgehead atoms. The summed E-state index contributed by atoms with van der Waals surface area (Å²) in [5.74, 6) is 0.153. The predicted octanol–water partition coefficient (Wildman–Crippen LogP) is 0.776. The molecule has 1 saturated heterocycles. The summed E-state index contributed by atoms with van der Waals surface area (Å²) in [7, 11) is 0. The quantitative estimate of drug-likeness (QED) is 0.782. The number of ether oxygens (including phenoxy) is 1. The zero-order valence-corrected chi connectivity index (χ0v) is 13.9. The Balaban J connectivity index is 2.00. The second-order valence-electron chi connectivity index (χ2n) is 6.17. The Morgan fingerprint density at radius 3 is 2.41 bits per heavy atom. The van der Waals surface area contributed by atoms with Crippen molar-refractivity contribution in [3.8, 4) is 0 Å². The summed E-state index contributed by atoms with van der Waals surface area (Å²) in [6.07, 6.45) is 1.94. The molecule has 1 aliphatic heterocycles. The molecule has 1 aromatic rings. The minimum Gasteiger partial charge on any atom is -0.381 e. The topological polar surface area (TPSA) is 42.8 Å². The van der Waals surface area contributed by atoms with Crippen LogP contribution in [0.15, 0.2) is 30.3 Å². The van der Waals surface area contributed by atoms with Crippen molar-refractivity contribution in [2.45, 2.75) is 32.1 Å². The standard InChI is InChI=1S/C18H28N2O2/c1-3-20(4-2)14-17(21)19-15-18(10-12-22-13-11-18)16-8-6-5-7-9-16/h5-9H,3-4,10-15H2,1-2H3,(H,19,21)/p+1. The third-order valence-electron chi connectivity index (χ3n) is 4.87. The Morgan fingerprint density at radius 1 is 1.18 bits per heavy atom. The van der Waals surface area contributed by atoms with E-state index in [0.717, 1.165) is 39.1 Å². The van der Waals surface area contributed by atoms with Gasteiger partial charge in [0.25, 0.3) is 5.91 Å². The molecule has 0 unspecified atom stereocenters. The number of benzene rings is 1. The van der Waals surface area contributed by atoms with Crippen LogP contribution in [0.3, 0.4) is 0 Å². The Morgan fingerprint density at radius 2 is 1.82 bits per heavy atom. The predicted molar refractivity (Wildman–Crippen MR) is 88.1 cm³/mol. The highest BCUT2D eigenvalue weighted by molar-refractivity contribution is 5.77. The summed E-state index contributed by atoms with van der Waals surface area (Å²) in [6.45, 7) is 9.03. The molecule has 1 aliphatic rings. The monoisotopic (exact) mass is 305 g/mol. The first kappa shape index (κ1) is 17.0. The highest BCUT2D eigenvalue weighted by Crippen LogP contribution is 2.34. The summed E-state index contributed by atoms with van der Waals surface area (Å²) in [5, 5.41) is 3.18. The highest BCUT2D eigenvalue weighted by Gasteiger charge is 2.34. The van der Waals surface area contributed by atoms with Gasteiger partial charge in [0.05, 0.1) is 13.1 Å². The van der Waals surface area contributed by atoms with Crippen LogP contribution in [0, 0.1) is 0 Å². The molecule has 0 radical (unpaired) electrons. The van der Waals surface area contributed by atoms with E-state index in [1.807, 2.05) is 6.07 Å². The van der Waals surface area contributed by atoms with Gasteiger partial charge in [-0.05, 0) is 32.3 Å². The van der Waals surface area contributed by atoms with Crippen LogP contribution in [-0.2, 0) is 14.9 Å². The van der Waals surface area contributed by atoms with E-state index in [4.69, 9.17) is 4.74 Å². The van der Waals surface area contributed by atoms with Gasteiger partial charge in [0.1, 0.15) is 0 Å². The largest absolute Gasteiger partial charge is 0.381 e. The zero-order valence-electron chi connectivity index (χ0n) is 13.9. The van der Waals surface area contributed by atoms with E-state index < -0.39 is 0 Å². The first-order valence-corrected chi connectivity index (χ1v) is 8.43. The maximum atomic E-state index is 12.2. The number of nitrogens with one attached hydrogen (secondary N) is 2. The van der Waals surface area contributed by atoms with Crippen LogP contribution in [0.5, 0.6) is 0 Å². The molecule has 122 valence electrons. The third-order valence-corrected chi connectivity index (χ3v) is 4.87. The van der Waals surface area contributed by atoms with Crippen molar-refractivity contribution >= 4 is 5.91 Å². The average molecular weight is 305 g/mol. The van der Waals surface area contributed by atoms with Crippen molar-refractivity contribution < 1.29 is 14.4 Å². The second-order valence-corrected chi connectivity index (χ2v) is 6.17. The zero-order chi connectivity index (χ0) is 15.8. The van der Waals surface area contributed by atoms with E-state index in [9.17, 15) is 4.79 Å². The molecule has 2 rings (SSSR count). The summed E-state index contributed by atoms with van der Waals surface area (Å²) in [4.78, 5) is 13.5. The summed E-state index contributed by atoms with van der Waals surface area (Å²) in [6, 6.07) is 10.5. The number of amides is 1. The van der Waals surface area contributed by atoms with Crippen LogP contribution in [0.25, 0.3) is 0 Å². The van der Waals surface area contributed by atoms with Crippen molar-refractivity contribution in [3.63, 3.8) is 0 Å². The van der Waals surface area contributed by atoms with Gasteiger partial charge in [-0.25, -0.2) is 0 Å². The fourth-order valence-corrected chi connectivity index (χ4v) is 3.18. The molecule has 0 aliphatic carbocycles. The van der Waals surface area contributed by atoms with Crippen LogP contribution < -0.4 is 10.2 Å². The summed E-state index contributed by atoms with van der Waals surface area (Å²) in [5.41, 5.74) is 1.34. The molecule has 1 amide bonds. The van der Waals surface area contributed by atoms with Crippen LogP contribution >= 0.6 is 0 Å². The lowest BCUT2D eigenvalue weighted by Gasteiger charge is -2.38. The molecular weight excluding hydrogens is 276 g/mol. The van der Waals surface area contributed by atoms with Crippen molar-refractivity contribution in [3.05, 3.63) is 35.9 Å². The molecule has 22 heavy (non-hydrogen) atoms. The maximum absolute atomic E-state index is 12.2. The molecular formula is C18H29N2O2+. The van der Waals surface area contributed by atoms with Gasteiger partial charge in [-0.2, -0.15) is 0 Å². The number of carbonyl (C=O) groups excluding carboxylic acids is 1. The lowest BCUT2D eigenvalue weighted by Crippen LogP contribution is -3.12. The second kappa shape index (κ2) is 8.30. The van der Waals surface area contributed by atoms with E-state index in [-0.39, 0.29) is 11.3 Å². The number of carbonyl (C=O) groups is 1. The Kier molecular flexibility index (Phi) is 6.40. The average Bonchev–Trinajstić information content (AvgIpc) is 2.59. The van der Waals surface area contributed by atoms with Crippen LogP contribution in [0.2, 0.25) is 0 Å². The van der Waals surface area contributed by atoms with Crippen LogP contribution in [0.1, 0.15) is 32.3 Å². The molecule has 1 aromatic carbocycles. The van der Waals surface area contributed by atoms with E-state index in [2.05, 4.69) is 43.4 Å². The minimum absolute atomic E-state index is 0.0216. The van der Waals surface area contributed by atoms with Gasteiger partial charge in [0, 0.05) is 25.2 Å². The molecule has 4 heteroatoms. The number of hydrogen-bond donors (Lipinski definition) is 2. The Bertz CT molecular complexity index is 451. The van der Waals surface area contributed by atoms with E-state index in [0.29, 0.717) is 13.1 Å². The highest BCUT2D eigenvalue weighted by atomic mass is 16.5. The molecule has 1 fully saturated rings. The molecule has 1 heterocycles. The van der Waals surface area contributed by atoms with Crippen LogP contribution in [0.4, 0.5) is 0 Å². The lowest BCUT2D eigenvalue weighted by atomic mass is 9.74. The van der Waals surface area contributed by atoms with Crippen molar-refractivity contribution in [2.24, 2.45) is 0 Å². The summed E-state index contributed by atoms with van der Waals surface area (Å²) >= 11 is 0. The third kappa shape index (κ3) is 4.31. The van der Waals surface area contributed by atoms with E-state index >= 15 is 0 Å². The smallest absolute Gasteiger partial charge is 0.275 e. The minimum atomic E-state index is 0.0216. The summed E-state index contributed by atoms with van der Waals surface area (Å²) < 4.78 is 5.54. The molecule has 4 nitrogen and oxygen atoms in total. The van der Waals surface area contributed by atoms with Crippen LogP contribution in [-0.4, -0.2) is 45.3 Å². The SMILES string of the molecule is CC[NH+](CC)CC(=O)NCC1(c2ccccc2)CCOCC1. The van der Waals surface area contributed by atoms with E-state index in [1.54, 1.807) is 0 Å².